The maximum absolute atomic E-state index is 12.8. The summed E-state index contributed by atoms with van der Waals surface area (Å²) in [4.78, 5) is 12.8. The van der Waals surface area contributed by atoms with Gasteiger partial charge in [-0.2, -0.15) is 5.26 Å². The molecule has 0 atom stereocenters. The lowest BCUT2D eigenvalue weighted by molar-refractivity contribution is 0.103. The fraction of sp³-hybridized carbons (Fsp3) is 0. The summed E-state index contributed by atoms with van der Waals surface area (Å²) in [5, 5.41) is 9.31. The number of ketones is 1. The molecule has 0 saturated carbocycles. The Morgan fingerprint density at radius 2 is 1.59 bits per heavy atom. The molecule has 1 aromatic heterocycles. The summed E-state index contributed by atoms with van der Waals surface area (Å²) in [5.41, 5.74) is 7.23. The average molecular weight is 288 g/mol. The van der Waals surface area contributed by atoms with Crippen molar-refractivity contribution in [3.05, 3.63) is 77.4 Å². The van der Waals surface area contributed by atoms with Crippen LogP contribution >= 0.6 is 0 Å². The van der Waals surface area contributed by atoms with Gasteiger partial charge in [0, 0.05) is 11.1 Å². The molecule has 2 aromatic carbocycles. The summed E-state index contributed by atoms with van der Waals surface area (Å²) in [6.45, 7) is 0. The summed E-state index contributed by atoms with van der Waals surface area (Å²) in [7, 11) is 0. The van der Waals surface area contributed by atoms with Crippen LogP contribution in [0.4, 0.5) is 5.88 Å². The Balaban J connectivity index is 2.22. The van der Waals surface area contributed by atoms with Crippen molar-refractivity contribution in [2.75, 3.05) is 5.73 Å². The summed E-state index contributed by atoms with van der Waals surface area (Å²) < 4.78 is 5.50. The van der Waals surface area contributed by atoms with Gasteiger partial charge >= 0.3 is 0 Å². The van der Waals surface area contributed by atoms with E-state index in [1.807, 2.05) is 30.3 Å². The fourth-order valence-electron chi connectivity index (χ4n) is 2.30. The molecule has 0 saturated heterocycles. The second-order valence-corrected chi connectivity index (χ2v) is 4.72. The molecule has 0 spiro atoms. The number of carbonyl (C=O) groups is 1. The molecule has 3 aromatic rings. The summed E-state index contributed by atoms with van der Waals surface area (Å²) in [5.74, 6) is 0.000547. The molecular formula is C18H12N2O2. The van der Waals surface area contributed by atoms with Crippen LogP contribution in [0.25, 0.3) is 11.3 Å². The second kappa shape index (κ2) is 5.58. The van der Waals surface area contributed by atoms with E-state index in [-0.39, 0.29) is 22.8 Å². The molecular weight excluding hydrogens is 276 g/mol. The minimum absolute atomic E-state index is 0.0411. The third-order valence-corrected chi connectivity index (χ3v) is 3.35. The van der Waals surface area contributed by atoms with Gasteiger partial charge in [0.15, 0.2) is 5.78 Å². The standard InChI is InChI=1S/C18H12N2O2/c19-11-14-15(16(21)12-7-3-1-4-8-12)17(22-18(14)20)13-9-5-2-6-10-13/h1-10H,20H2. The Labute approximate surface area is 127 Å². The van der Waals surface area contributed by atoms with Gasteiger partial charge in [-0.3, -0.25) is 4.79 Å². The third-order valence-electron chi connectivity index (χ3n) is 3.35. The van der Waals surface area contributed by atoms with Gasteiger partial charge in [-0.05, 0) is 0 Å². The number of furan rings is 1. The predicted octanol–water partition coefficient (Wildman–Crippen LogP) is 3.63. The van der Waals surface area contributed by atoms with Gasteiger partial charge in [-0.1, -0.05) is 60.7 Å². The molecule has 106 valence electrons. The lowest BCUT2D eigenvalue weighted by atomic mass is 9.97. The van der Waals surface area contributed by atoms with Crippen LogP contribution < -0.4 is 5.73 Å². The van der Waals surface area contributed by atoms with E-state index in [9.17, 15) is 10.1 Å². The lowest BCUT2D eigenvalue weighted by Gasteiger charge is -2.03. The first-order valence-electron chi connectivity index (χ1n) is 6.70. The van der Waals surface area contributed by atoms with E-state index in [0.717, 1.165) is 0 Å². The van der Waals surface area contributed by atoms with Crippen LogP contribution in [0.1, 0.15) is 21.5 Å². The highest BCUT2D eigenvalue weighted by molar-refractivity contribution is 6.14. The SMILES string of the molecule is N#Cc1c(N)oc(-c2ccccc2)c1C(=O)c1ccccc1. The molecule has 4 heteroatoms. The minimum atomic E-state index is -0.281. The molecule has 0 fully saturated rings. The van der Waals surface area contributed by atoms with Crippen molar-refractivity contribution in [2.45, 2.75) is 0 Å². The Morgan fingerprint density at radius 3 is 2.18 bits per heavy atom. The number of nitriles is 1. The van der Waals surface area contributed by atoms with Crippen LogP contribution in [0.3, 0.4) is 0 Å². The van der Waals surface area contributed by atoms with Gasteiger partial charge in [0.25, 0.3) is 0 Å². The Kier molecular flexibility index (Phi) is 3.47. The Morgan fingerprint density at radius 1 is 1.00 bits per heavy atom. The molecule has 0 aliphatic rings. The number of carbonyl (C=O) groups excluding carboxylic acids is 1. The molecule has 1 heterocycles. The smallest absolute Gasteiger partial charge is 0.209 e. The van der Waals surface area contributed by atoms with Gasteiger partial charge in [-0.25, -0.2) is 0 Å². The number of benzene rings is 2. The van der Waals surface area contributed by atoms with Crippen LogP contribution in [0.2, 0.25) is 0 Å². The number of nitrogens with two attached hydrogens (primary N) is 1. The highest BCUT2D eigenvalue weighted by atomic mass is 16.4. The maximum atomic E-state index is 12.8. The highest BCUT2D eigenvalue weighted by Gasteiger charge is 2.26. The number of nitrogens with zero attached hydrogens (tertiary/aromatic N) is 1. The van der Waals surface area contributed by atoms with Crippen molar-refractivity contribution in [3.8, 4) is 17.4 Å². The van der Waals surface area contributed by atoms with Crippen LogP contribution in [-0.2, 0) is 0 Å². The number of anilines is 1. The van der Waals surface area contributed by atoms with E-state index in [1.165, 1.54) is 0 Å². The van der Waals surface area contributed by atoms with Gasteiger partial charge in [0.05, 0.1) is 5.56 Å². The molecule has 0 unspecified atom stereocenters. The summed E-state index contributed by atoms with van der Waals surface area (Å²) >= 11 is 0. The molecule has 22 heavy (non-hydrogen) atoms. The first-order chi connectivity index (χ1) is 10.7. The quantitative estimate of drug-likeness (QED) is 0.746. The Bertz CT molecular complexity index is 859. The van der Waals surface area contributed by atoms with Crippen LogP contribution in [0.15, 0.2) is 65.1 Å². The van der Waals surface area contributed by atoms with Crippen molar-refractivity contribution < 1.29 is 9.21 Å². The van der Waals surface area contributed by atoms with E-state index in [2.05, 4.69) is 0 Å². The monoisotopic (exact) mass is 288 g/mol. The van der Waals surface area contributed by atoms with E-state index in [4.69, 9.17) is 10.2 Å². The normalized spacial score (nSPS) is 10.1. The molecule has 0 aliphatic carbocycles. The topological polar surface area (TPSA) is 80.0 Å². The van der Waals surface area contributed by atoms with Crippen LogP contribution in [-0.4, -0.2) is 5.78 Å². The van der Waals surface area contributed by atoms with E-state index >= 15 is 0 Å². The first-order valence-corrected chi connectivity index (χ1v) is 6.70. The van der Waals surface area contributed by atoms with Crippen LogP contribution in [0.5, 0.6) is 0 Å². The number of rotatable bonds is 3. The van der Waals surface area contributed by atoms with E-state index in [0.29, 0.717) is 16.9 Å². The van der Waals surface area contributed by atoms with Gasteiger partial charge in [0.2, 0.25) is 5.88 Å². The molecule has 0 amide bonds. The molecule has 0 radical (unpaired) electrons. The fourth-order valence-corrected chi connectivity index (χ4v) is 2.30. The van der Waals surface area contributed by atoms with Crippen molar-refractivity contribution in [2.24, 2.45) is 0 Å². The van der Waals surface area contributed by atoms with Gasteiger partial charge < -0.3 is 10.2 Å². The summed E-state index contributed by atoms with van der Waals surface area (Å²) in [6, 6.07) is 19.9. The number of nitrogen functional groups attached to an aromatic ring is 1. The van der Waals surface area contributed by atoms with Crippen molar-refractivity contribution in [3.63, 3.8) is 0 Å². The molecule has 4 nitrogen and oxygen atoms in total. The lowest BCUT2D eigenvalue weighted by Crippen LogP contribution is -2.04. The number of hydrogen-bond donors (Lipinski definition) is 1. The maximum Gasteiger partial charge on any atom is 0.209 e. The van der Waals surface area contributed by atoms with Gasteiger partial charge in [0.1, 0.15) is 17.4 Å². The van der Waals surface area contributed by atoms with Crippen molar-refractivity contribution in [1.82, 2.24) is 0 Å². The van der Waals surface area contributed by atoms with E-state index < -0.39 is 0 Å². The molecule has 2 N–H and O–H groups in total. The molecule has 3 rings (SSSR count). The zero-order valence-electron chi connectivity index (χ0n) is 11.6. The zero-order valence-corrected chi connectivity index (χ0v) is 11.6. The minimum Gasteiger partial charge on any atom is -0.439 e. The zero-order chi connectivity index (χ0) is 15.5. The second-order valence-electron chi connectivity index (χ2n) is 4.72. The molecule has 0 aliphatic heterocycles. The third kappa shape index (κ3) is 2.25. The molecule has 0 bridgehead atoms. The van der Waals surface area contributed by atoms with Crippen molar-refractivity contribution >= 4 is 11.7 Å². The average Bonchev–Trinajstić information content (AvgIpc) is 2.92. The highest BCUT2D eigenvalue weighted by Crippen LogP contribution is 2.34. The Hall–Kier alpha value is -3.32. The van der Waals surface area contributed by atoms with Crippen molar-refractivity contribution in [1.29, 1.82) is 5.26 Å². The largest absolute Gasteiger partial charge is 0.439 e. The van der Waals surface area contributed by atoms with Gasteiger partial charge in [-0.15, -0.1) is 0 Å². The van der Waals surface area contributed by atoms with E-state index in [1.54, 1.807) is 36.4 Å². The number of hydrogen-bond acceptors (Lipinski definition) is 4. The predicted molar refractivity (Wildman–Crippen MR) is 83.1 cm³/mol. The summed E-state index contributed by atoms with van der Waals surface area (Å²) in [6.07, 6.45) is 0. The van der Waals surface area contributed by atoms with Crippen LogP contribution in [0, 0.1) is 11.3 Å². The first kappa shape index (κ1) is 13.7.